The van der Waals surface area contributed by atoms with E-state index in [-0.39, 0.29) is 0 Å². The summed E-state index contributed by atoms with van der Waals surface area (Å²) < 4.78 is 0. The van der Waals surface area contributed by atoms with Crippen LogP contribution in [0.25, 0.3) is 0 Å². The van der Waals surface area contributed by atoms with E-state index in [9.17, 15) is 0 Å². The van der Waals surface area contributed by atoms with Gasteiger partial charge in [0, 0.05) is 18.8 Å². The molecule has 3 heteroatoms. The molecule has 0 saturated carbocycles. The minimum atomic E-state index is 1.04. The Labute approximate surface area is 67.2 Å². The van der Waals surface area contributed by atoms with Crippen molar-refractivity contribution in [3.8, 4) is 0 Å². The van der Waals surface area contributed by atoms with Gasteiger partial charge in [-0.15, -0.1) is 0 Å². The Balaban J connectivity index is 2.04. The van der Waals surface area contributed by atoms with Crippen molar-refractivity contribution in [3.63, 3.8) is 0 Å². The lowest BCUT2D eigenvalue weighted by Gasteiger charge is -1.98. The summed E-state index contributed by atoms with van der Waals surface area (Å²) in [7, 11) is 0. The second kappa shape index (κ2) is 4.91. The van der Waals surface area contributed by atoms with Crippen LogP contribution >= 0.6 is 0 Å². The van der Waals surface area contributed by atoms with E-state index in [0.717, 1.165) is 31.8 Å². The average Bonchev–Trinajstić information content (AvgIpc) is 2.50. The lowest BCUT2D eigenvalue weighted by atomic mass is 10.3. The van der Waals surface area contributed by atoms with Crippen molar-refractivity contribution in [2.75, 3.05) is 13.1 Å². The van der Waals surface area contributed by atoms with Crippen LogP contribution < -0.4 is 5.32 Å². The van der Waals surface area contributed by atoms with Crippen LogP contribution in [0.15, 0.2) is 12.4 Å². The van der Waals surface area contributed by atoms with Gasteiger partial charge in [-0.3, -0.25) is 0 Å². The predicted molar refractivity (Wildman–Crippen MR) is 45.5 cm³/mol. The van der Waals surface area contributed by atoms with E-state index in [2.05, 4.69) is 22.2 Å². The van der Waals surface area contributed by atoms with E-state index in [1.807, 2.05) is 6.20 Å². The highest BCUT2D eigenvalue weighted by atomic mass is 14.9. The summed E-state index contributed by atoms with van der Waals surface area (Å²) in [4.78, 5) is 7.21. The van der Waals surface area contributed by atoms with Crippen LogP contribution in [0.4, 0.5) is 0 Å². The highest BCUT2D eigenvalue weighted by molar-refractivity contribution is 4.86. The quantitative estimate of drug-likeness (QED) is 0.618. The van der Waals surface area contributed by atoms with Gasteiger partial charge >= 0.3 is 0 Å². The number of hydrogen-bond donors (Lipinski definition) is 2. The number of aromatic nitrogens is 2. The fourth-order valence-electron chi connectivity index (χ4n) is 0.992. The first-order valence-corrected chi connectivity index (χ1v) is 4.12. The van der Waals surface area contributed by atoms with Crippen LogP contribution in [0.1, 0.15) is 19.2 Å². The lowest BCUT2D eigenvalue weighted by Crippen LogP contribution is -2.14. The highest BCUT2D eigenvalue weighted by Crippen LogP contribution is 1.92. The molecule has 3 nitrogen and oxygen atoms in total. The molecule has 0 bridgehead atoms. The number of aromatic amines is 1. The second-order valence-electron chi connectivity index (χ2n) is 2.49. The van der Waals surface area contributed by atoms with Crippen LogP contribution in [-0.2, 0) is 6.42 Å². The van der Waals surface area contributed by atoms with E-state index >= 15 is 0 Å². The van der Waals surface area contributed by atoms with Crippen molar-refractivity contribution >= 4 is 0 Å². The Kier molecular flexibility index (Phi) is 3.69. The van der Waals surface area contributed by atoms with Crippen LogP contribution in [0.3, 0.4) is 0 Å². The molecule has 0 fully saturated rings. The summed E-state index contributed by atoms with van der Waals surface area (Å²) in [5.41, 5.74) is 0. The Morgan fingerprint density at radius 1 is 1.64 bits per heavy atom. The third kappa shape index (κ3) is 3.18. The number of nitrogens with zero attached hydrogens (tertiary/aromatic N) is 1. The number of aryl methyl sites for hydroxylation is 1. The monoisotopic (exact) mass is 153 g/mol. The van der Waals surface area contributed by atoms with Crippen LogP contribution in [0.5, 0.6) is 0 Å². The van der Waals surface area contributed by atoms with E-state index in [1.165, 1.54) is 0 Å². The van der Waals surface area contributed by atoms with Gasteiger partial charge in [0.25, 0.3) is 0 Å². The molecule has 1 aromatic rings. The molecular formula is C8H15N3. The largest absolute Gasteiger partial charge is 0.349 e. The van der Waals surface area contributed by atoms with Crippen molar-refractivity contribution < 1.29 is 0 Å². The van der Waals surface area contributed by atoms with Gasteiger partial charge in [-0.1, -0.05) is 6.92 Å². The average molecular weight is 153 g/mol. The molecule has 0 unspecified atom stereocenters. The van der Waals surface area contributed by atoms with Gasteiger partial charge in [0.2, 0.25) is 0 Å². The molecule has 11 heavy (non-hydrogen) atoms. The first-order valence-electron chi connectivity index (χ1n) is 4.12. The number of nitrogens with one attached hydrogen (secondary N) is 2. The maximum Gasteiger partial charge on any atom is 0.106 e. The standard InChI is InChI=1S/C8H15N3/c1-2-9-5-3-4-8-10-6-7-11-8/h6-7,9H,2-5H2,1H3,(H,10,11). The summed E-state index contributed by atoms with van der Waals surface area (Å²) in [5.74, 6) is 1.09. The molecule has 0 aliphatic carbocycles. The minimum absolute atomic E-state index is 1.04. The zero-order valence-electron chi connectivity index (χ0n) is 6.93. The predicted octanol–water partition coefficient (Wildman–Crippen LogP) is 0.952. The van der Waals surface area contributed by atoms with Gasteiger partial charge in [0.1, 0.15) is 5.82 Å². The Morgan fingerprint density at radius 3 is 3.18 bits per heavy atom. The van der Waals surface area contributed by atoms with Gasteiger partial charge in [-0.2, -0.15) is 0 Å². The smallest absolute Gasteiger partial charge is 0.106 e. The lowest BCUT2D eigenvalue weighted by molar-refractivity contribution is 0.662. The first-order chi connectivity index (χ1) is 5.43. The number of rotatable bonds is 5. The molecule has 1 aromatic heterocycles. The molecule has 0 atom stereocenters. The van der Waals surface area contributed by atoms with Crippen LogP contribution in [0.2, 0.25) is 0 Å². The normalized spacial score (nSPS) is 10.3. The van der Waals surface area contributed by atoms with Crippen molar-refractivity contribution in [2.45, 2.75) is 19.8 Å². The van der Waals surface area contributed by atoms with E-state index in [0.29, 0.717) is 0 Å². The van der Waals surface area contributed by atoms with E-state index < -0.39 is 0 Å². The summed E-state index contributed by atoms with van der Waals surface area (Å²) in [5, 5.41) is 3.27. The summed E-state index contributed by atoms with van der Waals surface area (Å²) >= 11 is 0. The van der Waals surface area contributed by atoms with Gasteiger partial charge in [-0.05, 0) is 19.5 Å². The number of hydrogen-bond acceptors (Lipinski definition) is 2. The topological polar surface area (TPSA) is 40.7 Å². The van der Waals surface area contributed by atoms with Crippen LogP contribution in [-0.4, -0.2) is 23.1 Å². The molecule has 0 amide bonds. The van der Waals surface area contributed by atoms with Gasteiger partial charge in [-0.25, -0.2) is 4.98 Å². The molecule has 0 spiro atoms. The van der Waals surface area contributed by atoms with Gasteiger partial charge < -0.3 is 10.3 Å². The third-order valence-corrected chi connectivity index (χ3v) is 1.57. The van der Waals surface area contributed by atoms with E-state index in [1.54, 1.807) is 6.20 Å². The molecule has 0 saturated heterocycles. The molecule has 0 aliphatic rings. The Bertz CT molecular complexity index is 169. The first kappa shape index (κ1) is 8.27. The van der Waals surface area contributed by atoms with Gasteiger partial charge in [0.15, 0.2) is 0 Å². The summed E-state index contributed by atoms with van der Waals surface area (Å²) in [6.45, 7) is 4.25. The van der Waals surface area contributed by atoms with Gasteiger partial charge in [0.05, 0.1) is 0 Å². The molecule has 0 aromatic carbocycles. The van der Waals surface area contributed by atoms with E-state index in [4.69, 9.17) is 0 Å². The molecule has 0 radical (unpaired) electrons. The fraction of sp³-hybridized carbons (Fsp3) is 0.625. The Hall–Kier alpha value is -0.830. The maximum atomic E-state index is 4.13. The molecule has 62 valence electrons. The number of H-pyrrole nitrogens is 1. The fourth-order valence-corrected chi connectivity index (χ4v) is 0.992. The maximum absolute atomic E-state index is 4.13. The third-order valence-electron chi connectivity index (χ3n) is 1.57. The number of imidazole rings is 1. The summed E-state index contributed by atoms with van der Waals surface area (Å²) in [6, 6.07) is 0. The second-order valence-corrected chi connectivity index (χ2v) is 2.49. The zero-order valence-corrected chi connectivity index (χ0v) is 6.93. The molecule has 1 heterocycles. The molecular weight excluding hydrogens is 138 g/mol. The Morgan fingerprint density at radius 2 is 2.55 bits per heavy atom. The van der Waals surface area contributed by atoms with Crippen molar-refractivity contribution in [1.82, 2.24) is 15.3 Å². The molecule has 2 N–H and O–H groups in total. The molecule has 1 rings (SSSR count). The summed E-state index contributed by atoms with van der Waals surface area (Å²) in [6.07, 6.45) is 5.85. The SMILES string of the molecule is CCNCCCc1ncc[nH]1. The highest BCUT2D eigenvalue weighted by Gasteiger charge is 1.92. The van der Waals surface area contributed by atoms with Crippen molar-refractivity contribution in [1.29, 1.82) is 0 Å². The minimum Gasteiger partial charge on any atom is -0.349 e. The van der Waals surface area contributed by atoms with Crippen LogP contribution in [0, 0.1) is 0 Å². The molecule has 0 aliphatic heterocycles. The zero-order chi connectivity index (χ0) is 7.94. The van der Waals surface area contributed by atoms with Crippen molar-refractivity contribution in [3.05, 3.63) is 18.2 Å². The van der Waals surface area contributed by atoms with Crippen molar-refractivity contribution in [2.24, 2.45) is 0 Å².